The number of carbonyl (C=O) groups excluding carboxylic acids is 1. The van der Waals surface area contributed by atoms with Gasteiger partial charge in [0.05, 0.1) is 7.11 Å². The van der Waals surface area contributed by atoms with Crippen molar-refractivity contribution < 1.29 is 9.53 Å². The number of alkyl carbamates (subject to hydrolysis) is 1. The topological polar surface area (TPSA) is 64.3 Å². The minimum atomic E-state index is -0.428. The third-order valence-electron chi connectivity index (χ3n) is 1.85. The first kappa shape index (κ1) is 10.5. The fourth-order valence-electron chi connectivity index (χ4n) is 1.11. The zero-order valence-corrected chi connectivity index (χ0v) is 8.12. The van der Waals surface area contributed by atoms with Gasteiger partial charge in [-0.25, -0.2) is 4.79 Å². The van der Waals surface area contributed by atoms with Gasteiger partial charge in [-0.1, -0.05) is 24.3 Å². The molecule has 3 N–H and O–H groups in total. The molecule has 0 saturated carbocycles. The summed E-state index contributed by atoms with van der Waals surface area (Å²) in [7, 11) is 1.34. The lowest BCUT2D eigenvalue weighted by atomic mass is 10.1. The molecule has 4 heteroatoms. The lowest BCUT2D eigenvalue weighted by Gasteiger charge is -2.04. The normalized spacial score (nSPS) is 9.57. The minimum absolute atomic E-state index is 0.428. The first-order chi connectivity index (χ1) is 6.76. The van der Waals surface area contributed by atoms with Crippen LogP contribution in [0.3, 0.4) is 0 Å². The molecular formula is C10H14N2O2. The van der Waals surface area contributed by atoms with Crippen molar-refractivity contribution in [2.24, 2.45) is 5.73 Å². The first-order valence-electron chi connectivity index (χ1n) is 4.36. The van der Waals surface area contributed by atoms with Crippen molar-refractivity contribution in [3.63, 3.8) is 0 Å². The number of hydrogen-bond acceptors (Lipinski definition) is 3. The van der Waals surface area contributed by atoms with Gasteiger partial charge in [0.25, 0.3) is 0 Å². The van der Waals surface area contributed by atoms with Crippen LogP contribution in [0.15, 0.2) is 24.3 Å². The number of ether oxygens (including phenoxy) is 1. The Bertz CT molecular complexity index is 313. The van der Waals surface area contributed by atoms with E-state index in [0.717, 1.165) is 11.1 Å². The van der Waals surface area contributed by atoms with E-state index in [1.54, 1.807) is 0 Å². The van der Waals surface area contributed by atoms with Crippen LogP contribution in [0.25, 0.3) is 0 Å². The Hall–Kier alpha value is -1.55. The average Bonchev–Trinajstić information content (AvgIpc) is 2.26. The molecule has 0 aliphatic rings. The number of benzene rings is 1. The molecular weight excluding hydrogens is 180 g/mol. The van der Waals surface area contributed by atoms with E-state index >= 15 is 0 Å². The first-order valence-corrected chi connectivity index (χ1v) is 4.36. The second-order valence-corrected chi connectivity index (χ2v) is 2.87. The summed E-state index contributed by atoms with van der Waals surface area (Å²) in [6, 6.07) is 7.74. The molecule has 1 aromatic carbocycles. The zero-order chi connectivity index (χ0) is 10.4. The van der Waals surface area contributed by atoms with E-state index in [1.807, 2.05) is 24.3 Å². The van der Waals surface area contributed by atoms with Gasteiger partial charge in [-0.2, -0.15) is 0 Å². The highest BCUT2D eigenvalue weighted by Gasteiger charge is 1.98. The summed E-state index contributed by atoms with van der Waals surface area (Å²) in [4.78, 5) is 10.8. The van der Waals surface area contributed by atoms with Gasteiger partial charge in [0.2, 0.25) is 0 Å². The van der Waals surface area contributed by atoms with Crippen molar-refractivity contribution in [3.05, 3.63) is 35.4 Å². The molecule has 0 spiro atoms. The van der Waals surface area contributed by atoms with E-state index in [2.05, 4.69) is 10.1 Å². The van der Waals surface area contributed by atoms with Crippen LogP contribution in [0, 0.1) is 0 Å². The van der Waals surface area contributed by atoms with Gasteiger partial charge in [-0.15, -0.1) is 0 Å². The summed E-state index contributed by atoms with van der Waals surface area (Å²) >= 11 is 0. The monoisotopic (exact) mass is 194 g/mol. The molecule has 76 valence electrons. The maximum Gasteiger partial charge on any atom is 0.407 e. The van der Waals surface area contributed by atoms with Crippen LogP contribution in [0.1, 0.15) is 11.1 Å². The Morgan fingerprint density at radius 3 is 2.86 bits per heavy atom. The average molecular weight is 194 g/mol. The Labute approximate surface area is 83.1 Å². The summed E-state index contributed by atoms with van der Waals surface area (Å²) in [5, 5.41) is 2.60. The number of hydrogen-bond donors (Lipinski definition) is 2. The molecule has 4 nitrogen and oxygen atoms in total. The minimum Gasteiger partial charge on any atom is -0.453 e. The highest BCUT2D eigenvalue weighted by Crippen LogP contribution is 2.03. The Balaban J connectivity index is 2.54. The van der Waals surface area contributed by atoms with Gasteiger partial charge in [-0.3, -0.25) is 0 Å². The molecule has 0 unspecified atom stereocenters. The van der Waals surface area contributed by atoms with Crippen molar-refractivity contribution in [2.45, 2.75) is 13.1 Å². The summed E-state index contributed by atoms with van der Waals surface area (Å²) < 4.78 is 4.45. The molecule has 0 saturated heterocycles. The predicted molar refractivity (Wildman–Crippen MR) is 53.6 cm³/mol. The molecule has 0 heterocycles. The second kappa shape index (κ2) is 5.24. The van der Waals surface area contributed by atoms with Gasteiger partial charge in [0.15, 0.2) is 0 Å². The molecule has 0 fully saturated rings. The highest BCUT2D eigenvalue weighted by molar-refractivity contribution is 5.66. The molecule has 0 aliphatic carbocycles. The maximum atomic E-state index is 10.8. The lowest BCUT2D eigenvalue weighted by molar-refractivity contribution is 0.170. The molecule has 0 radical (unpaired) electrons. The van der Waals surface area contributed by atoms with Crippen LogP contribution < -0.4 is 11.1 Å². The number of carbonyl (C=O) groups is 1. The van der Waals surface area contributed by atoms with Crippen LogP contribution >= 0.6 is 0 Å². The lowest BCUT2D eigenvalue weighted by Crippen LogP contribution is -2.22. The SMILES string of the molecule is COC(=O)NCc1cccc(CN)c1. The van der Waals surface area contributed by atoms with Gasteiger partial charge in [0, 0.05) is 13.1 Å². The summed E-state index contributed by atoms with van der Waals surface area (Å²) in [5.74, 6) is 0. The number of nitrogens with one attached hydrogen (secondary N) is 1. The van der Waals surface area contributed by atoms with Crippen molar-refractivity contribution in [1.82, 2.24) is 5.32 Å². The van der Waals surface area contributed by atoms with E-state index in [4.69, 9.17) is 5.73 Å². The standard InChI is InChI=1S/C10H14N2O2/c1-14-10(13)12-7-9-4-2-3-8(5-9)6-11/h2-5H,6-7,11H2,1H3,(H,12,13). The number of rotatable bonds is 3. The van der Waals surface area contributed by atoms with Gasteiger partial charge >= 0.3 is 6.09 Å². The van der Waals surface area contributed by atoms with E-state index in [0.29, 0.717) is 13.1 Å². The molecule has 1 rings (SSSR count). The molecule has 1 aromatic rings. The van der Waals surface area contributed by atoms with Gasteiger partial charge in [0.1, 0.15) is 0 Å². The molecule has 0 atom stereocenters. The third kappa shape index (κ3) is 3.06. The van der Waals surface area contributed by atoms with Crippen molar-refractivity contribution in [1.29, 1.82) is 0 Å². The fraction of sp³-hybridized carbons (Fsp3) is 0.300. The van der Waals surface area contributed by atoms with Crippen LogP contribution in [0.5, 0.6) is 0 Å². The predicted octanol–water partition coefficient (Wildman–Crippen LogP) is 1.00. The molecule has 14 heavy (non-hydrogen) atoms. The summed E-state index contributed by atoms with van der Waals surface area (Å²) in [5.41, 5.74) is 7.55. The number of nitrogens with two attached hydrogens (primary N) is 1. The van der Waals surface area contributed by atoms with E-state index < -0.39 is 6.09 Å². The van der Waals surface area contributed by atoms with Crippen LogP contribution in [-0.2, 0) is 17.8 Å². The van der Waals surface area contributed by atoms with Crippen molar-refractivity contribution in [3.8, 4) is 0 Å². The molecule has 1 amide bonds. The quantitative estimate of drug-likeness (QED) is 0.754. The highest BCUT2D eigenvalue weighted by atomic mass is 16.5. The second-order valence-electron chi connectivity index (χ2n) is 2.87. The Morgan fingerprint density at radius 1 is 1.50 bits per heavy atom. The number of methoxy groups -OCH3 is 1. The van der Waals surface area contributed by atoms with Gasteiger partial charge in [-0.05, 0) is 11.1 Å². The Kier molecular flexibility index (Phi) is 3.94. The number of amides is 1. The third-order valence-corrected chi connectivity index (χ3v) is 1.85. The van der Waals surface area contributed by atoms with Crippen LogP contribution in [0.2, 0.25) is 0 Å². The van der Waals surface area contributed by atoms with Crippen LogP contribution in [0.4, 0.5) is 4.79 Å². The smallest absolute Gasteiger partial charge is 0.407 e. The molecule has 0 aliphatic heterocycles. The zero-order valence-electron chi connectivity index (χ0n) is 8.12. The summed E-state index contributed by atoms with van der Waals surface area (Å²) in [6.45, 7) is 0.965. The van der Waals surface area contributed by atoms with E-state index in [-0.39, 0.29) is 0 Å². The fourth-order valence-corrected chi connectivity index (χ4v) is 1.11. The summed E-state index contributed by atoms with van der Waals surface area (Å²) in [6.07, 6.45) is -0.428. The van der Waals surface area contributed by atoms with E-state index in [9.17, 15) is 4.79 Å². The molecule has 0 aromatic heterocycles. The maximum absolute atomic E-state index is 10.8. The van der Waals surface area contributed by atoms with Gasteiger partial charge < -0.3 is 15.8 Å². The van der Waals surface area contributed by atoms with Crippen molar-refractivity contribution in [2.75, 3.05) is 7.11 Å². The van der Waals surface area contributed by atoms with E-state index in [1.165, 1.54) is 7.11 Å². The largest absolute Gasteiger partial charge is 0.453 e. The Morgan fingerprint density at radius 2 is 2.21 bits per heavy atom. The van der Waals surface area contributed by atoms with Crippen molar-refractivity contribution >= 4 is 6.09 Å². The van der Waals surface area contributed by atoms with Crippen LogP contribution in [-0.4, -0.2) is 13.2 Å². The molecule has 0 bridgehead atoms.